The molecule has 2 rings (SSSR count). The first-order valence-corrected chi connectivity index (χ1v) is 6.02. The summed E-state index contributed by atoms with van der Waals surface area (Å²) in [6.07, 6.45) is 0.807. The number of primary amides is 1. The van der Waals surface area contributed by atoms with E-state index in [0.29, 0.717) is 4.88 Å². The first-order chi connectivity index (χ1) is 8.19. The zero-order valence-corrected chi connectivity index (χ0v) is 10.3. The molecule has 4 heteroatoms. The minimum Gasteiger partial charge on any atom is -0.497 e. The second kappa shape index (κ2) is 5.01. The molecule has 0 fully saturated rings. The highest BCUT2D eigenvalue weighted by molar-refractivity contribution is 7.14. The van der Waals surface area contributed by atoms with Crippen LogP contribution in [-0.4, -0.2) is 13.0 Å². The molecule has 2 aromatic rings. The van der Waals surface area contributed by atoms with Gasteiger partial charge in [0, 0.05) is 11.3 Å². The molecule has 0 aliphatic rings. The van der Waals surface area contributed by atoms with Gasteiger partial charge < -0.3 is 10.5 Å². The lowest BCUT2D eigenvalue weighted by Gasteiger charge is -2.01. The summed E-state index contributed by atoms with van der Waals surface area (Å²) in [4.78, 5) is 12.7. The Hall–Kier alpha value is -1.81. The third-order valence-corrected chi connectivity index (χ3v) is 3.54. The molecule has 0 saturated heterocycles. The monoisotopic (exact) mass is 247 g/mol. The molecule has 1 aromatic heterocycles. The molecule has 17 heavy (non-hydrogen) atoms. The van der Waals surface area contributed by atoms with Crippen LogP contribution in [0.3, 0.4) is 0 Å². The van der Waals surface area contributed by atoms with Crippen molar-refractivity contribution in [2.75, 3.05) is 7.11 Å². The Bertz CT molecular complexity index is 516. The molecule has 0 saturated carbocycles. The van der Waals surface area contributed by atoms with Crippen LogP contribution < -0.4 is 10.5 Å². The molecule has 1 heterocycles. The van der Waals surface area contributed by atoms with Crippen molar-refractivity contribution in [1.82, 2.24) is 0 Å². The number of carbonyl (C=O) groups excluding carboxylic acids is 1. The van der Waals surface area contributed by atoms with Crippen LogP contribution in [0.2, 0.25) is 0 Å². The summed E-state index contributed by atoms with van der Waals surface area (Å²) in [6.45, 7) is 0. The molecule has 0 aliphatic carbocycles. The molecule has 0 spiro atoms. The van der Waals surface area contributed by atoms with E-state index < -0.39 is 0 Å². The summed E-state index contributed by atoms with van der Waals surface area (Å²) in [7, 11) is 1.65. The van der Waals surface area contributed by atoms with Crippen LogP contribution in [0.1, 0.15) is 20.1 Å². The molecular weight excluding hydrogens is 234 g/mol. The van der Waals surface area contributed by atoms with E-state index in [1.165, 1.54) is 16.9 Å². The number of hydrogen-bond acceptors (Lipinski definition) is 3. The maximum Gasteiger partial charge on any atom is 0.258 e. The topological polar surface area (TPSA) is 52.3 Å². The lowest BCUT2D eigenvalue weighted by atomic mass is 10.1. The summed E-state index contributed by atoms with van der Waals surface area (Å²) in [5, 5.41) is 0. The summed E-state index contributed by atoms with van der Waals surface area (Å²) in [5.41, 5.74) is 6.40. The van der Waals surface area contributed by atoms with Crippen LogP contribution >= 0.6 is 11.3 Å². The number of carbonyl (C=O) groups is 1. The van der Waals surface area contributed by atoms with Crippen molar-refractivity contribution >= 4 is 17.2 Å². The van der Waals surface area contributed by atoms with Gasteiger partial charge in [-0.1, -0.05) is 12.1 Å². The standard InChI is InChI=1S/C13H13NO2S/c1-16-10-4-2-9(3-5-10)8-11-6-7-12(17-11)13(14)15/h2-7H,8H2,1H3,(H2,14,15). The van der Waals surface area contributed by atoms with Crippen molar-refractivity contribution in [3.8, 4) is 5.75 Å². The van der Waals surface area contributed by atoms with E-state index in [9.17, 15) is 4.79 Å². The van der Waals surface area contributed by atoms with Crippen molar-refractivity contribution in [1.29, 1.82) is 0 Å². The first kappa shape index (κ1) is 11.7. The third kappa shape index (κ3) is 2.85. The van der Waals surface area contributed by atoms with E-state index in [2.05, 4.69) is 0 Å². The summed E-state index contributed by atoms with van der Waals surface area (Å²) >= 11 is 1.44. The van der Waals surface area contributed by atoms with Gasteiger partial charge in [-0.25, -0.2) is 0 Å². The smallest absolute Gasteiger partial charge is 0.258 e. The van der Waals surface area contributed by atoms with Crippen LogP contribution in [0.5, 0.6) is 5.75 Å². The van der Waals surface area contributed by atoms with E-state index in [1.807, 2.05) is 30.3 Å². The lowest BCUT2D eigenvalue weighted by molar-refractivity contribution is 0.100. The maximum absolute atomic E-state index is 11.0. The molecule has 1 amide bonds. The number of nitrogens with two attached hydrogens (primary N) is 1. The molecular formula is C13H13NO2S. The SMILES string of the molecule is COc1ccc(Cc2ccc(C(N)=O)s2)cc1. The predicted molar refractivity (Wildman–Crippen MR) is 68.6 cm³/mol. The Morgan fingerprint density at radius 1 is 1.24 bits per heavy atom. The first-order valence-electron chi connectivity index (χ1n) is 5.20. The van der Waals surface area contributed by atoms with E-state index in [0.717, 1.165) is 17.0 Å². The molecule has 0 radical (unpaired) electrons. The molecule has 88 valence electrons. The van der Waals surface area contributed by atoms with Gasteiger partial charge in [-0.3, -0.25) is 4.79 Å². The van der Waals surface area contributed by atoms with Crippen LogP contribution in [0.25, 0.3) is 0 Å². The predicted octanol–water partition coefficient (Wildman–Crippen LogP) is 2.45. The third-order valence-electron chi connectivity index (χ3n) is 2.44. The van der Waals surface area contributed by atoms with Gasteiger partial charge in [-0.05, 0) is 29.8 Å². The number of benzene rings is 1. The van der Waals surface area contributed by atoms with E-state index in [1.54, 1.807) is 13.2 Å². The zero-order chi connectivity index (χ0) is 12.3. The maximum atomic E-state index is 11.0. The normalized spacial score (nSPS) is 10.2. The van der Waals surface area contributed by atoms with Gasteiger partial charge in [0.1, 0.15) is 5.75 Å². The van der Waals surface area contributed by atoms with Gasteiger partial charge in [0.2, 0.25) is 0 Å². The van der Waals surface area contributed by atoms with E-state index in [-0.39, 0.29) is 5.91 Å². The molecule has 3 nitrogen and oxygen atoms in total. The van der Waals surface area contributed by atoms with Gasteiger partial charge in [0.15, 0.2) is 0 Å². The van der Waals surface area contributed by atoms with Crippen molar-refractivity contribution < 1.29 is 9.53 Å². The highest BCUT2D eigenvalue weighted by Crippen LogP contribution is 2.20. The van der Waals surface area contributed by atoms with Crippen LogP contribution in [-0.2, 0) is 6.42 Å². The Morgan fingerprint density at radius 3 is 2.47 bits per heavy atom. The minimum atomic E-state index is -0.365. The van der Waals surface area contributed by atoms with Crippen LogP contribution in [0.4, 0.5) is 0 Å². The van der Waals surface area contributed by atoms with Crippen molar-refractivity contribution in [2.24, 2.45) is 5.73 Å². The van der Waals surface area contributed by atoms with Gasteiger partial charge in [0.05, 0.1) is 12.0 Å². The van der Waals surface area contributed by atoms with Crippen molar-refractivity contribution in [2.45, 2.75) is 6.42 Å². The number of thiophene rings is 1. The number of amides is 1. The molecule has 0 aliphatic heterocycles. The lowest BCUT2D eigenvalue weighted by Crippen LogP contribution is -2.08. The number of methoxy groups -OCH3 is 1. The molecule has 0 bridgehead atoms. The molecule has 0 unspecified atom stereocenters. The summed E-state index contributed by atoms with van der Waals surface area (Å²) in [5.74, 6) is 0.480. The quantitative estimate of drug-likeness (QED) is 0.902. The second-order valence-corrected chi connectivity index (χ2v) is 4.82. The highest BCUT2D eigenvalue weighted by Gasteiger charge is 2.05. The fourth-order valence-corrected chi connectivity index (χ4v) is 2.44. The second-order valence-electron chi connectivity index (χ2n) is 3.66. The number of hydrogen-bond donors (Lipinski definition) is 1. The largest absolute Gasteiger partial charge is 0.497 e. The highest BCUT2D eigenvalue weighted by atomic mass is 32.1. The van der Waals surface area contributed by atoms with Gasteiger partial charge in [-0.2, -0.15) is 0 Å². The Labute approximate surface area is 104 Å². The zero-order valence-electron chi connectivity index (χ0n) is 9.47. The van der Waals surface area contributed by atoms with Crippen LogP contribution in [0.15, 0.2) is 36.4 Å². The fourth-order valence-electron chi connectivity index (χ4n) is 1.55. The van der Waals surface area contributed by atoms with Gasteiger partial charge >= 0.3 is 0 Å². The Kier molecular flexibility index (Phi) is 3.44. The number of ether oxygens (including phenoxy) is 1. The molecule has 0 atom stereocenters. The average molecular weight is 247 g/mol. The summed E-state index contributed by atoms with van der Waals surface area (Å²) in [6, 6.07) is 11.6. The number of rotatable bonds is 4. The van der Waals surface area contributed by atoms with Crippen LogP contribution in [0, 0.1) is 0 Å². The van der Waals surface area contributed by atoms with E-state index in [4.69, 9.17) is 10.5 Å². The van der Waals surface area contributed by atoms with E-state index >= 15 is 0 Å². The average Bonchev–Trinajstić information content (AvgIpc) is 2.79. The molecule has 1 aromatic carbocycles. The Morgan fingerprint density at radius 2 is 1.94 bits per heavy atom. The Balaban J connectivity index is 2.11. The van der Waals surface area contributed by atoms with Gasteiger partial charge in [-0.15, -0.1) is 11.3 Å². The van der Waals surface area contributed by atoms with Gasteiger partial charge in [0.25, 0.3) is 5.91 Å². The minimum absolute atomic E-state index is 0.365. The molecule has 2 N–H and O–H groups in total. The fraction of sp³-hybridized carbons (Fsp3) is 0.154. The summed E-state index contributed by atoms with van der Waals surface area (Å²) < 4.78 is 5.10. The van der Waals surface area contributed by atoms with Crippen molar-refractivity contribution in [3.05, 3.63) is 51.7 Å². The van der Waals surface area contributed by atoms with Crippen molar-refractivity contribution in [3.63, 3.8) is 0 Å².